The molecular weight excluding hydrogens is 497 g/mol. The van der Waals surface area contributed by atoms with Crippen molar-refractivity contribution < 1.29 is 19.4 Å². The predicted molar refractivity (Wildman–Crippen MR) is 132 cm³/mol. The Hall–Kier alpha value is -4.02. The summed E-state index contributed by atoms with van der Waals surface area (Å²) in [5, 5.41) is 13.2. The Bertz CT molecular complexity index is 1560. The Balaban J connectivity index is 1.80. The quantitative estimate of drug-likeness (QED) is 0.360. The van der Waals surface area contributed by atoms with Crippen molar-refractivity contribution in [1.82, 2.24) is 14.1 Å². The second-order valence-corrected chi connectivity index (χ2v) is 8.46. The Morgan fingerprint density at radius 3 is 2.63 bits per heavy atom. The summed E-state index contributed by atoms with van der Waals surface area (Å²) >= 11 is 12.3. The van der Waals surface area contributed by atoms with Crippen molar-refractivity contribution in [2.24, 2.45) is 12.8 Å². The third-order valence-electron chi connectivity index (χ3n) is 5.34. The first-order chi connectivity index (χ1) is 16.6. The number of halogens is 2. The van der Waals surface area contributed by atoms with E-state index in [9.17, 15) is 19.5 Å². The largest absolute Gasteiger partial charge is 0.506 e. The molecule has 0 saturated heterocycles. The van der Waals surface area contributed by atoms with Gasteiger partial charge in [0.05, 0.1) is 40.1 Å². The molecule has 2 aromatic carbocycles. The fraction of sp³-hybridized carbons (Fsp3) is 0.130. The van der Waals surface area contributed by atoms with Crippen LogP contribution in [-0.4, -0.2) is 38.1 Å². The highest BCUT2D eigenvalue weighted by Crippen LogP contribution is 2.36. The van der Waals surface area contributed by atoms with Gasteiger partial charge in [-0.05, 0) is 29.8 Å². The lowest BCUT2D eigenvalue weighted by Gasteiger charge is -2.10. The summed E-state index contributed by atoms with van der Waals surface area (Å²) in [6, 6.07) is 7.55. The highest BCUT2D eigenvalue weighted by Gasteiger charge is 2.21. The Morgan fingerprint density at radius 2 is 1.94 bits per heavy atom. The molecule has 35 heavy (non-hydrogen) atoms. The number of nitrogens with two attached hydrogens (primary N) is 1. The van der Waals surface area contributed by atoms with Gasteiger partial charge >= 0.3 is 0 Å². The number of primary amides is 1. The van der Waals surface area contributed by atoms with Gasteiger partial charge in [-0.25, -0.2) is 4.98 Å². The normalized spacial score (nSPS) is 11.0. The van der Waals surface area contributed by atoms with Gasteiger partial charge < -0.3 is 30.0 Å². The minimum atomic E-state index is -0.893. The minimum Gasteiger partial charge on any atom is -0.506 e. The summed E-state index contributed by atoms with van der Waals surface area (Å²) in [7, 11) is 3.03. The summed E-state index contributed by atoms with van der Waals surface area (Å²) in [5.74, 6) is -1.28. The molecule has 2 amide bonds. The van der Waals surface area contributed by atoms with Crippen molar-refractivity contribution in [3.8, 4) is 22.6 Å². The molecule has 0 spiro atoms. The van der Waals surface area contributed by atoms with Crippen molar-refractivity contribution in [1.29, 1.82) is 0 Å². The number of phenols is 1. The topological polar surface area (TPSA) is 141 Å². The molecule has 10 nitrogen and oxygen atoms in total. The van der Waals surface area contributed by atoms with Crippen molar-refractivity contribution >= 4 is 51.7 Å². The number of nitrogens with one attached hydrogen (secondary N) is 1. The number of nitrogens with zero attached hydrogens (tertiary/aromatic N) is 3. The van der Waals surface area contributed by atoms with Gasteiger partial charge in [0, 0.05) is 24.9 Å². The van der Waals surface area contributed by atoms with E-state index in [0.29, 0.717) is 27.6 Å². The number of carbonyl (C=O) groups excluding carboxylic acids is 2. The lowest BCUT2D eigenvalue weighted by atomic mass is 10.0. The predicted octanol–water partition coefficient (Wildman–Crippen LogP) is 3.16. The molecule has 0 bridgehead atoms. The van der Waals surface area contributed by atoms with E-state index in [1.54, 1.807) is 24.4 Å². The number of amides is 2. The maximum Gasteiger partial charge on any atom is 0.263 e. The van der Waals surface area contributed by atoms with Crippen LogP contribution in [0.1, 0.15) is 10.4 Å². The molecule has 4 rings (SSSR count). The lowest BCUT2D eigenvalue weighted by molar-refractivity contribution is -0.116. The van der Waals surface area contributed by atoms with Gasteiger partial charge in [0.2, 0.25) is 5.91 Å². The Kier molecular flexibility index (Phi) is 6.42. The second-order valence-electron chi connectivity index (χ2n) is 7.64. The molecule has 4 aromatic rings. The number of hydrogen-bond donors (Lipinski definition) is 3. The van der Waals surface area contributed by atoms with Crippen molar-refractivity contribution in [2.45, 2.75) is 6.54 Å². The smallest absolute Gasteiger partial charge is 0.263 e. The highest BCUT2D eigenvalue weighted by atomic mass is 35.5. The van der Waals surface area contributed by atoms with Crippen LogP contribution in [0.4, 0.5) is 5.69 Å². The number of ether oxygens (including phenoxy) is 1. The fourth-order valence-electron chi connectivity index (χ4n) is 3.62. The summed E-state index contributed by atoms with van der Waals surface area (Å²) in [6.07, 6.45) is 2.87. The van der Waals surface area contributed by atoms with E-state index in [1.807, 2.05) is 0 Å². The molecule has 0 aliphatic heterocycles. The molecule has 2 aromatic heterocycles. The van der Waals surface area contributed by atoms with Crippen molar-refractivity contribution in [3.05, 3.63) is 68.8 Å². The molecule has 0 aliphatic carbocycles. The van der Waals surface area contributed by atoms with Crippen LogP contribution in [0, 0.1) is 0 Å². The molecule has 180 valence electrons. The van der Waals surface area contributed by atoms with Crippen LogP contribution in [-0.2, 0) is 18.4 Å². The number of aromatic hydroxyl groups is 1. The molecular formula is C23H19Cl2N5O5. The number of aryl methyl sites for hydroxylation is 1. The van der Waals surface area contributed by atoms with E-state index < -0.39 is 17.6 Å². The fourth-order valence-corrected chi connectivity index (χ4v) is 4.00. The van der Waals surface area contributed by atoms with Crippen LogP contribution < -0.4 is 21.3 Å². The van der Waals surface area contributed by atoms with Gasteiger partial charge in [-0.3, -0.25) is 14.4 Å². The number of benzene rings is 2. The SMILES string of the molecule is COc1ccc(Cl)c(NC(=O)Cn2cc(-c3cc(Cl)c(O)c(C(N)=O)c3)c3c(=O)n(C)cnc32)c1. The molecule has 0 fully saturated rings. The third kappa shape index (κ3) is 4.53. The van der Waals surface area contributed by atoms with Crippen LogP contribution >= 0.6 is 23.2 Å². The first-order valence-electron chi connectivity index (χ1n) is 10.1. The molecule has 12 heteroatoms. The number of anilines is 1. The zero-order valence-electron chi connectivity index (χ0n) is 18.5. The van der Waals surface area contributed by atoms with E-state index in [4.69, 9.17) is 33.7 Å². The minimum absolute atomic E-state index is 0.122. The van der Waals surface area contributed by atoms with Gasteiger partial charge in [0.15, 0.2) is 0 Å². The van der Waals surface area contributed by atoms with Gasteiger partial charge in [-0.1, -0.05) is 23.2 Å². The zero-order valence-corrected chi connectivity index (χ0v) is 20.0. The average molecular weight is 516 g/mol. The Labute approximate surface area is 208 Å². The Morgan fingerprint density at radius 1 is 1.20 bits per heavy atom. The molecule has 4 N–H and O–H groups in total. The number of fused-ring (bicyclic) bond motifs is 1. The molecule has 0 aliphatic rings. The van der Waals surface area contributed by atoms with E-state index in [2.05, 4.69) is 10.3 Å². The first-order valence-corrected chi connectivity index (χ1v) is 10.9. The monoisotopic (exact) mass is 515 g/mol. The van der Waals surface area contributed by atoms with Crippen molar-refractivity contribution in [3.63, 3.8) is 0 Å². The maximum absolute atomic E-state index is 13.0. The van der Waals surface area contributed by atoms with Crippen LogP contribution in [0.5, 0.6) is 11.5 Å². The van der Waals surface area contributed by atoms with Crippen LogP contribution in [0.15, 0.2) is 47.7 Å². The summed E-state index contributed by atoms with van der Waals surface area (Å²) in [5.41, 5.74) is 6.05. The average Bonchev–Trinajstić information content (AvgIpc) is 3.17. The van der Waals surface area contributed by atoms with Crippen LogP contribution in [0.3, 0.4) is 0 Å². The molecule has 0 radical (unpaired) electrons. The van der Waals surface area contributed by atoms with Gasteiger partial charge in [-0.15, -0.1) is 0 Å². The number of carbonyl (C=O) groups is 2. The van der Waals surface area contributed by atoms with Gasteiger partial charge in [0.1, 0.15) is 23.7 Å². The highest BCUT2D eigenvalue weighted by molar-refractivity contribution is 6.34. The van der Waals surface area contributed by atoms with Gasteiger partial charge in [0.25, 0.3) is 11.5 Å². The van der Waals surface area contributed by atoms with Gasteiger partial charge in [-0.2, -0.15) is 0 Å². The van der Waals surface area contributed by atoms with Crippen LogP contribution in [0.25, 0.3) is 22.2 Å². The van der Waals surface area contributed by atoms with E-state index in [0.717, 1.165) is 0 Å². The summed E-state index contributed by atoms with van der Waals surface area (Å²) in [6.45, 7) is -0.210. The number of aromatic nitrogens is 3. The third-order valence-corrected chi connectivity index (χ3v) is 5.96. The standard InChI is InChI=1S/C23H19Cl2N5O5/c1-29-10-27-22-19(23(29)34)14(11-5-13(21(26)33)20(32)16(25)6-11)8-30(22)9-18(31)28-17-7-12(35-2)3-4-15(17)24/h3-8,10,32H,9H2,1-2H3,(H2,26,33)(H,28,31). The number of rotatable bonds is 6. The molecule has 0 atom stereocenters. The summed E-state index contributed by atoms with van der Waals surface area (Å²) in [4.78, 5) is 42.0. The maximum atomic E-state index is 13.0. The first kappa shape index (κ1) is 24.1. The summed E-state index contributed by atoms with van der Waals surface area (Å²) < 4.78 is 7.93. The number of hydrogen-bond acceptors (Lipinski definition) is 6. The molecule has 0 unspecified atom stereocenters. The zero-order chi connectivity index (χ0) is 25.4. The van der Waals surface area contributed by atoms with E-state index in [-0.39, 0.29) is 33.7 Å². The molecule has 0 saturated carbocycles. The van der Waals surface area contributed by atoms with E-state index >= 15 is 0 Å². The lowest BCUT2D eigenvalue weighted by Crippen LogP contribution is -2.20. The number of methoxy groups -OCH3 is 1. The molecule has 2 heterocycles. The van der Waals surface area contributed by atoms with Crippen LogP contribution in [0.2, 0.25) is 10.0 Å². The van der Waals surface area contributed by atoms with E-state index in [1.165, 1.54) is 41.8 Å². The second kappa shape index (κ2) is 9.32. The van der Waals surface area contributed by atoms with Crippen molar-refractivity contribution in [2.75, 3.05) is 12.4 Å².